The Morgan fingerprint density at radius 1 is 1.08 bits per heavy atom. The first kappa shape index (κ1) is 17.8. The number of nitrogens with zero attached hydrogens (tertiary/aromatic N) is 2. The van der Waals surface area contributed by atoms with Crippen molar-refractivity contribution in [1.82, 2.24) is 9.80 Å². The van der Waals surface area contributed by atoms with Crippen LogP contribution in [0.2, 0.25) is 5.02 Å². The van der Waals surface area contributed by atoms with E-state index in [0.717, 1.165) is 58.0 Å². The van der Waals surface area contributed by atoms with Crippen LogP contribution in [0.4, 0.5) is 0 Å². The van der Waals surface area contributed by atoms with E-state index in [2.05, 4.69) is 0 Å². The largest absolute Gasteiger partial charge is 0.353 e. The fourth-order valence-corrected chi connectivity index (χ4v) is 4.76. The third-order valence-corrected chi connectivity index (χ3v) is 6.12. The maximum Gasteiger partial charge on any atom is 0.256 e. The van der Waals surface area contributed by atoms with Crippen molar-refractivity contribution in [3.05, 3.63) is 34.9 Å². The number of benzene rings is 1. The molecule has 1 aromatic rings. The van der Waals surface area contributed by atoms with E-state index in [9.17, 15) is 9.59 Å². The van der Waals surface area contributed by atoms with Gasteiger partial charge in [0, 0.05) is 23.7 Å². The number of carbonyl (C=O) groups excluding carboxylic acids is 2. The summed E-state index contributed by atoms with van der Waals surface area (Å²) < 4.78 is 6.18. The Bertz CT molecular complexity index is 696. The Balaban J connectivity index is 1.67. The van der Waals surface area contributed by atoms with E-state index >= 15 is 0 Å². The zero-order valence-electron chi connectivity index (χ0n) is 15.0. The maximum absolute atomic E-state index is 13.4. The van der Waals surface area contributed by atoms with Crippen LogP contribution in [0.25, 0.3) is 0 Å². The maximum atomic E-state index is 13.4. The third-order valence-electron chi connectivity index (χ3n) is 5.89. The molecule has 3 aliphatic rings. The van der Waals surface area contributed by atoms with Crippen LogP contribution in [0.3, 0.4) is 0 Å². The highest BCUT2D eigenvalue weighted by atomic mass is 35.5. The summed E-state index contributed by atoms with van der Waals surface area (Å²) in [4.78, 5) is 30.2. The zero-order valence-corrected chi connectivity index (χ0v) is 15.7. The fourth-order valence-electron chi connectivity index (χ4n) is 4.57. The van der Waals surface area contributed by atoms with E-state index in [1.807, 2.05) is 4.90 Å². The van der Waals surface area contributed by atoms with E-state index in [-0.39, 0.29) is 11.8 Å². The van der Waals surface area contributed by atoms with Gasteiger partial charge >= 0.3 is 0 Å². The second kappa shape index (κ2) is 7.20. The molecule has 1 aliphatic carbocycles. The van der Waals surface area contributed by atoms with Crippen molar-refractivity contribution in [2.24, 2.45) is 0 Å². The minimum Gasteiger partial charge on any atom is -0.353 e. The van der Waals surface area contributed by atoms with Crippen molar-refractivity contribution < 1.29 is 14.3 Å². The summed E-state index contributed by atoms with van der Waals surface area (Å²) in [5.41, 5.74) is -0.121. The average molecular weight is 377 g/mol. The Morgan fingerprint density at radius 2 is 1.81 bits per heavy atom. The van der Waals surface area contributed by atoms with Crippen molar-refractivity contribution in [3.8, 4) is 0 Å². The Hall–Kier alpha value is -1.59. The first-order chi connectivity index (χ1) is 12.6. The highest BCUT2D eigenvalue weighted by Crippen LogP contribution is 2.42. The molecule has 4 rings (SSSR count). The van der Waals surface area contributed by atoms with Crippen molar-refractivity contribution in [2.75, 3.05) is 19.7 Å². The highest BCUT2D eigenvalue weighted by Gasteiger charge is 2.53. The van der Waals surface area contributed by atoms with E-state index in [1.54, 1.807) is 29.2 Å². The van der Waals surface area contributed by atoms with Crippen molar-refractivity contribution in [2.45, 2.75) is 56.7 Å². The molecule has 2 amide bonds. The molecule has 1 saturated carbocycles. The third kappa shape index (κ3) is 3.12. The molecule has 140 valence electrons. The van der Waals surface area contributed by atoms with Crippen molar-refractivity contribution in [3.63, 3.8) is 0 Å². The quantitative estimate of drug-likeness (QED) is 0.794. The van der Waals surface area contributed by atoms with E-state index in [0.29, 0.717) is 17.2 Å². The van der Waals surface area contributed by atoms with Crippen LogP contribution in [0.1, 0.15) is 55.3 Å². The molecule has 0 unspecified atom stereocenters. The predicted octanol–water partition coefficient (Wildman–Crippen LogP) is 3.46. The summed E-state index contributed by atoms with van der Waals surface area (Å²) in [5, 5.41) is 0.524. The van der Waals surface area contributed by atoms with E-state index in [1.165, 1.54) is 0 Å². The van der Waals surface area contributed by atoms with Crippen LogP contribution in [0.5, 0.6) is 0 Å². The Labute approximate surface area is 159 Å². The molecule has 26 heavy (non-hydrogen) atoms. The Kier molecular flexibility index (Phi) is 4.93. The van der Waals surface area contributed by atoms with Crippen LogP contribution in [-0.2, 0) is 9.53 Å². The van der Waals surface area contributed by atoms with Gasteiger partial charge in [-0.1, -0.05) is 24.1 Å². The van der Waals surface area contributed by atoms with Crippen LogP contribution >= 0.6 is 11.6 Å². The van der Waals surface area contributed by atoms with E-state index in [4.69, 9.17) is 16.3 Å². The number of halogens is 1. The first-order valence-electron chi connectivity index (χ1n) is 9.63. The summed E-state index contributed by atoms with van der Waals surface area (Å²) in [5.74, 6) is -0.121. The van der Waals surface area contributed by atoms with Crippen LogP contribution < -0.4 is 0 Å². The molecule has 1 aromatic carbocycles. The smallest absolute Gasteiger partial charge is 0.256 e. The molecule has 3 fully saturated rings. The number of rotatable bonds is 2. The second-order valence-electron chi connectivity index (χ2n) is 7.55. The van der Waals surface area contributed by atoms with Crippen LogP contribution in [0, 0.1) is 0 Å². The molecule has 6 heteroatoms. The molecular formula is C20H25ClN2O3. The van der Waals surface area contributed by atoms with Gasteiger partial charge in [-0.15, -0.1) is 0 Å². The molecule has 2 saturated heterocycles. The fraction of sp³-hybridized carbons (Fsp3) is 0.600. The molecule has 0 aromatic heterocycles. The van der Waals surface area contributed by atoms with Crippen molar-refractivity contribution >= 4 is 23.4 Å². The van der Waals surface area contributed by atoms with Gasteiger partial charge in [0.25, 0.3) is 5.91 Å². The molecule has 5 nitrogen and oxygen atoms in total. The first-order valence-corrected chi connectivity index (χ1v) is 10.0. The van der Waals surface area contributed by atoms with Gasteiger partial charge in [-0.05, 0) is 56.7 Å². The Morgan fingerprint density at radius 3 is 2.50 bits per heavy atom. The number of likely N-dealkylation sites (tertiary alicyclic amines) is 1. The van der Waals surface area contributed by atoms with Gasteiger partial charge in [0.2, 0.25) is 5.91 Å². The zero-order chi connectivity index (χ0) is 18.1. The molecule has 1 atom stereocenters. The molecule has 1 spiro atoms. The predicted molar refractivity (Wildman–Crippen MR) is 99.0 cm³/mol. The number of carbonyl (C=O) groups is 2. The summed E-state index contributed by atoms with van der Waals surface area (Å²) in [6.45, 7) is 1.85. The SMILES string of the molecule is O=C([C@H]1COC2(CCCCC2)N1C(=O)c1cccc(Cl)c1)N1CCCC1. The topological polar surface area (TPSA) is 49.9 Å². The van der Waals surface area contributed by atoms with Gasteiger partial charge in [-0.3, -0.25) is 14.5 Å². The molecular weight excluding hydrogens is 352 g/mol. The minimum atomic E-state index is -0.641. The van der Waals surface area contributed by atoms with Gasteiger partial charge in [-0.25, -0.2) is 0 Å². The molecule has 0 bridgehead atoms. The lowest BCUT2D eigenvalue weighted by Crippen LogP contribution is -2.56. The molecule has 0 radical (unpaired) electrons. The minimum absolute atomic E-state index is 0.0281. The van der Waals surface area contributed by atoms with E-state index < -0.39 is 11.8 Å². The van der Waals surface area contributed by atoms with Crippen LogP contribution in [-0.4, -0.2) is 53.1 Å². The molecule has 0 N–H and O–H groups in total. The molecule has 2 heterocycles. The standard InChI is InChI=1S/C20H25ClN2O3/c21-16-8-6-7-15(13-16)18(24)23-17(19(25)22-11-4-5-12-22)14-26-20(23)9-2-1-3-10-20/h6-8,13,17H,1-5,9-12,14H2/t17-/m1/s1. The van der Waals surface area contributed by atoms with Crippen molar-refractivity contribution in [1.29, 1.82) is 0 Å². The molecule has 2 aliphatic heterocycles. The van der Waals surface area contributed by atoms with Gasteiger partial charge in [0.05, 0.1) is 6.61 Å². The highest BCUT2D eigenvalue weighted by molar-refractivity contribution is 6.31. The lowest BCUT2D eigenvalue weighted by atomic mass is 9.89. The lowest BCUT2D eigenvalue weighted by Gasteiger charge is -2.42. The number of hydrogen-bond acceptors (Lipinski definition) is 3. The van der Waals surface area contributed by atoms with Gasteiger partial charge in [0.15, 0.2) is 0 Å². The van der Waals surface area contributed by atoms with Gasteiger partial charge in [0.1, 0.15) is 11.8 Å². The number of hydrogen-bond donors (Lipinski definition) is 0. The normalized spacial score (nSPS) is 25.0. The number of ether oxygens (including phenoxy) is 1. The van der Waals surface area contributed by atoms with Gasteiger partial charge < -0.3 is 9.64 Å². The summed E-state index contributed by atoms with van der Waals surface area (Å²) in [6, 6.07) is 6.44. The average Bonchev–Trinajstić information content (AvgIpc) is 3.30. The van der Waals surface area contributed by atoms with Gasteiger partial charge in [-0.2, -0.15) is 0 Å². The summed E-state index contributed by atoms with van der Waals surface area (Å²) in [7, 11) is 0. The monoisotopic (exact) mass is 376 g/mol. The van der Waals surface area contributed by atoms with Crippen LogP contribution in [0.15, 0.2) is 24.3 Å². The summed E-state index contributed by atoms with van der Waals surface area (Å²) >= 11 is 6.10. The number of amides is 2. The lowest BCUT2D eigenvalue weighted by molar-refractivity contribution is -0.136. The second-order valence-corrected chi connectivity index (χ2v) is 7.99. The summed E-state index contributed by atoms with van der Waals surface area (Å²) in [6.07, 6.45) is 6.84.